The standard InChI is InChI=1S/C11H18O3/c1-4-9(3)6-7-10(12)8-11(13)14-5-2/h4H,5-8H2,1-3H3/b9-4-. The van der Waals surface area contributed by atoms with Gasteiger partial charge in [0.25, 0.3) is 0 Å². The second-order valence-electron chi connectivity index (χ2n) is 3.16. The van der Waals surface area contributed by atoms with Crippen LogP contribution in [0.3, 0.4) is 0 Å². The Bertz CT molecular complexity index is 229. The molecule has 0 aliphatic carbocycles. The molecule has 14 heavy (non-hydrogen) atoms. The average molecular weight is 198 g/mol. The van der Waals surface area contributed by atoms with Crippen LogP contribution >= 0.6 is 0 Å². The lowest BCUT2D eigenvalue weighted by molar-refractivity contribution is -0.145. The molecule has 0 N–H and O–H groups in total. The van der Waals surface area contributed by atoms with Crippen molar-refractivity contribution in [1.82, 2.24) is 0 Å². The van der Waals surface area contributed by atoms with Gasteiger partial charge in [-0.25, -0.2) is 0 Å². The molecule has 0 amide bonds. The summed E-state index contributed by atoms with van der Waals surface area (Å²) in [7, 11) is 0. The topological polar surface area (TPSA) is 43.4 Å². The number of allylic oxidation sites excluding steroid dienone is 2. The van der Waals surface area contributed by atoms with Crippen molar-refractivity contribution in [3.05, 3.63) is 11.6 Å². The fourth-order valence-electron chi connectivity index (χ4n) is 0.942. The van der Waals surface area contributed by atoms with Gasteiger partial charge in [-0.3, -0.25) is 9.59 Å². The quantitative estimate of drug-likeness (QED) is 0.373. The van der Waals surface area contributed by atoms with Crippen LogP contribution in [-0.4, -0.2) is 18.4 Å². The highest BCUT2D eigenvalue weighted by Crippen LogP contribution is 2.05. The molecule has 0 radical (unpaired) electrons. The third-order valence-corrected chi connectivity index (χ3v) is 1.94. The summed E-state index contributed by atoms with van der Waals surface area (Å²) in [5.74, 6) is -0.472. The Morgan fingerprint density at radius 1 is 1.29 bits per heavy atom. The van der Waals surface area contributed by atoms with Crippen LogP contribution in [0.1, 0.15) is 40.0 Å². The molecule has 0 aromatic carbocycles. The molecule has 0 rings (SSSR count). The average Bonchev–Trinajstić information content (AvgIpc) is 2.14. The highest BCUT2D eigenvalue weighted by atomic mass is 16.5. The fourth-order valence-corrected chi connectivity index (χ4v) is 0.942. The molecule has 3 heteroatoms. The van der Waals surface area contributed by atoms with E-state index in [2.05, 4.69) is 4.74 Å². The van der Waals surface area contributed by atoms with Gasteiger partial charge in [-0.05, 0) is 27.2 Å². The zero-order valence-corrected chi connectivity index (χ0v) is 9.13. The number of rotatable bonds is 6. The summed E-state index contributed by atoms with van der Waals surface area (Å²) in [4.78, 5) is 22.1. The smallest absolute Gasteiger partial charge is 0.313 e. The molecule has 0 aliphatic heterocycles. The molecule has 0 bridgehead atoms. The largest absolute Gasteiger partial charge is 0.466 e. The first-order valence-electron chi connectivity index (χ1n) is 4.89. The monoisotopic (exact) mass is 198 g/mol. The molecule has 0 saturated heterocycles. The van der Waals surface area contributed by atoms with Crippen LogP contribution in [0.25, 0.3) is 0 Å². The number of hydrogen-bond donors (Lipinski definition) is 0. The van der Waals surface area contributed by atoms with Crippen molar-refractivity contribution in [3.8, 4) is 0 Å². The van der Waals surface area contributed by atoms with Crippen LogP contribution in [0.4, 0.5) is 0 Å². The summed E-state index contributed by atoms with van der Waals surface area (Å²) < 4.78 is 4.67. The highest BCUT2D eigenvalue weighted by Gasteiger charge is 2.09. The van der Waals surface area contributed by atoms with E-state index in [4.69, 9.17) is 0 Å². The Balaban J connectivity index is 3.71. The van der Waals surface area contributed by atoms with Crippen molar-refractivity contribution in [2.75, 3.05) is 6.61 Å². The van der Waals surface area contributed by atoms with Crippen molar-refractivity contribution in [1.29, 1.82) is 0 Å². The van der Waals surface area contributed by atoms with Crippen molar-refractivity contribution in [3.63, 3.8) is 0 Å². The molecule has 0 aliphatic rings. The van der Waals surface area contributed by atoms with Gasteiger partial charge in [0, 0.05) is 6.42 Å². The van der Waals surface area contributed by atoms with E-state index in [0.717, 1.165) is 6.42 Å². The molecule has 0 fully saturated rings. The Kier molecular flexibility index (Phi) is 6.72. The van der Waals surface area contributed by atoms with E-state index in [1.807, 2.05) is 19.9 Å². The normalized spacial score (nSPS) is 11.2. The Hall–Kier alpha value is -1.12. The number of carbonyl (C=O) groups is 2. The number of ether oxygens (including phenoxy) is 1. The summed E-state index contributed by atoms with van der Waals surface area (Å²) in [6, 6.07) is 0. The van der Waals surface area contributed by atoms with E-state index >= 15 is 0 Å². The van der Waals surface area contributed by atoms with E-state index in [0.29, 0.717) is 13.0 Å². The molecule has 0 aromatic rings. The summed E-state index contributed by atoms with van der Waals surface area (Å²) in [5, 5.41) is 0. The van der Waals surface area contributed by atoms with Crippen LogP contribution in [-0.2, 0) is 14.3 Å². The lowest BCUT2D eigenvalue weighted by Crippen LogP contribution is -2.10. The maximum Gasteiger partial charge on any atom is 0.313 e. The zero-order valence-electron chi connectivity index (χ0n) is 9.13. The Morgan fingerprint density at radius 2 is 1.93 bits per heavy atom. The molecule has 0 aromatic heterocycles. The molecule has 0 spiro atoms. The number of ketones is 1. The molecule has 0 heterocycles. The number of Topliss-reactive ketones (excluding diaryl/α,β-unsaturated/α-hetero) is 1. The van der Waals surface area contributed by atoms with E-state index < -0.39 is 5.97 Å². The molecule has 0 saturated carbocycles. The second kappa shape index (κ2) is 7.30. The maximum atomic E-state index is 11.2. The highest BCUT2D eigenvalue weighted by molar-refractivity contribution is 5.95. The van der Waals surface area contributed by atoms with E-state index in [9.17, 15) is 9.59 Å². The predicted molar refractivity (Wildman–Crippen MR) is 54.9 cm³/mol. The van der Waals surface area contributed by atoms with Gasteiger partial charge in [0.2, 0.25) is 0 Å². The van der Waals surface area contributed by atoms with Crippen molar-refractivity contribution in [2.24, 2.45) is 0 Å². The summed E-state index contributed by atoms with van der Waals surface area (Å²) in [5.41, 5.74) is 1.17. The van der Waals surface area contributed by atoms with Crippen molar-refractivity contribution in [2.45, 2.75) is 40.0 Å². The van der Waals surface area contributed by atoms with Crippen LogP contribution < -0.4 is 0 Å². The molecule has 3 nitrogen and oxygen atoms in total. The molecule has 80 valence electrons. The molecular formula is C11H18O3. The van der Waals surface area contributed by atoms with Crippen LogP contribution in [0.2, 0.25) is 0 Å². The van der Waals surface area contributed by atoms with Crippen LogP contribution in [0.5, 0.6) is 0 Å². The number of carbonyl (C=O) groups excluding carboxylic acids is 2. The summed E-state index contributed by atoms with van der Waals surface area (Å²) in [6.07, 6.45) is 3.03. The first-order valence-corrected chi connectivity index (χ1v) is 4.89. The fraction of sp³-hybridized carbons (Fsp3) is 0.636. The molecule has 0 unspecified atom stereocenters. The van der Waals surface area contributed by atoms with E-state index in [-0.39, 0.29) is 12.2 Å². The number of hydrogen-bond acceptors (Lipinski definition) is 3. The minimum absolute atomic E-state index is 0.0512. The molecular weight excluding hydrogens is 180 g/mol. The first kappa shape index (κ1) is 12.9. The Morgan fingerprint density at radius 3 is 2.43 bits per heavy atom. The van der Waals surface area contributed by atoms with Gasteiger partial charge in [0.05, 0.1) is 6.61 Å². The zero-order chi connectivity index (χ0) is 11.0. The Labute approximate surface area is 85.1 Å². The van der Waals surface area contributed by atoms with Gasteiger partial charge >= 0.3 is 5.97 Å². The minimum Gasteiger partial charge on any atom is -0.466 e. The summed E-state index contributed by atoms with van der Waals surface area (Å²) in [6.45, 7) is 5.97. The lowest BCUT2D eigenvalue weighted by atomic mass is 10.1. The number of esters is 1. The van der Waals surface area contributed by atoms with Gasteiger partial charge in [-0.15, -0.1) is 0 Å². The minimum atomic E-state index is -0.421. The lowest BCUT2D eigenvalue weighted by Gasteiger charge is -2.01. The third-order valence-electron chi connectivity index (χ3n) is 1.94. The second-order valence-corrected chi connectivity index (χ2v) is 3.16. The third kappa shape index (κ3) is 6.40. The SMILES string of the molecule is C/C=C(/C)CCC(=O)CC(=O)OCC. The predicted octanol–water partition coefficient (Wildman–Crippen LogP) is 2.26. The van der Waals surface area contributed by atoms with Gasteiger partial charge in [-0.2, -0.15) is 0 Å². The first-order chi connectivity index (χ1) is 6.60. The van der Waals surface area contributed by atoms with Gasteiger partial charge in [0.15, 0.2) is 0 Å². The van der Waals surface area contributed by atoms with Crippen LogP contribution in [0.15, 0.2) is 11.6 Å². The van der Waals surface area contributed by atoms with Crippen LogP contribution in [0, 0.1) is 0 Å². The van der Waals surface area contributed by atoms with Gasteiger partial charge in [-0.1, -0.05) is 11.6 Å². The van der Waals surface area contributed by atoms with E-state index in [1.54, 1.807) is 6.92 Å². The van der Waals surface area contributed by atoms with Gasteiger partial charge in [0.1, 0.15) is 12.2 Å². The maximum absolute atomic E-state index is 11.2. The van der Waals surface area contributed by atoms with Crippen molar-refractivity contribution >= 4 is 11.8 Å². The van der Waals surface area contributed by atoms with Gasteiger partial charge < -0.3 is 4.74 Å². The van der Waals surface area contributed by atoms with Crippen molar-refractivity contribution < 1.29 is 14.3 Å². The molecule has 0 atom stereocenters. The summed E-state index contributed by atoms with van der Waals surface area (Å²) >= 11 is 0. The van der Waals surface area contributed by atoms with E-state index in [1.165, 1.54) is 5.57 Å².